The van der Waals surface area contributed by atoms with Gasteiger partial charge in [-0.25, -0.2) is 4.98 Å². The number of nitrogens with zero attached hydrogens (tertiary/aromatic N) is 1. The Hall–Kier alpha value is -1.13. The number of pyridine rings is 1. The zero-order valence-electron chi connectivity index (χ0n) is 10.9. The molecule has 1 rings (SSSR count). The van der Waals surface area contributed by atoms with Gasteiger partial charge in [-0.3, -0.25) is 0 Å². The van der Waals surface area contributed by atoms with Crippen LogP contribution in [0.15, 0.2) is 18.3 Å². The van der Waals surface area contributed by atoms with Gasteiger partial charge in [-0.15, -0.1) is 0 Å². The molecule has 0 bridgehead atoms. The van der Waals surface area contributed by atoms with E-state index in [0.29, 0.717) is 5.82 Å². The van der Waals surface area contributed by atoms with Gasteiger partial charge in [-0.05, 0) is 19.0 Å². The highest BCUT2D eigenvalue weighted by molar-refractivity contribution is 5.41. The van der Waals surface area contributed by atoms with Gasteiger partial charge in [0.2, 0.25) is 0 Å². The number of aromatic nitrogens is 1. The predicted octanol–water partition coefficient (Wildman–Crippen LogP) is 2.13. The van der Waals surface area contributed by atoms with Crippen molar-refractivity contribution >= 4 is 5.82 Å². The van der Waals surface area contributed by atoms with Gasteiger partial charge >= 0.3 is 0 Å². The van der Waals surface area contributed by atoms with Crippen LogP contribution in [-0.2, 0) is 4.74 Å². The Labute approximate surface area is 104 Å². The molecule has 4 nitrogen and oxygen atoms in total. The van der Waals surface area contributed by atoms with Crippen LogP contribution in [0.3, 0.4) is 0 Å². The van der Waals surface area contributed by atoms with Gasteiger partial charge in [0.05, 0.1) is 12.1 Å². The molecule has 17 heavy (non-hydrogen) atoms. The summed E-state index contributed by atoms with van der Waals surface area (Å²) in [5, 5.41) is 3.43. The quantitative estimate of drug-likeness (QED) is 0.762. The molecule has 0 aliphatic heterocycles. The minimum atomic E-state index is 0.110. The molecule has 0 aromatic carbocycles. The highest BCUT2D eigenvalue weighted by Gasteiger charge is 2.23. The van der Waals surface area contributed by atoms with Crippen molar-refractivity contribution in [2.24, 2.45) is 0 Å². The van der Waals surface area contributed by atoms with Crippen LogP contribution < -0.4 is 11.1 Å². The SMILES string of the molecule is CCCC(OC)C(NCC)c1cccnc1N. The summed E-state index contributed by atoms with van der Waals surface area (Å²) in [5.74, 6) is 0.580. The average Bonchev–Trinajstić information content (AvgIpc) is 2.34. The lowest BCUT2D eigenvalue weighted by Gasteiger charge is -2.27. The van der Waals surface area contributed by atoms with Crippen molar-refractivity contribution in [2.75, 3.05) is 19.4 Å². The van der Waals surface area contributed by atoms with Gasteiger partial charge in [0.15, 0.2) is 0 Å². The van der Waals surface area contributed by atoms with Crippen molar-refractivity contribution in [3.63, 3.8) is 0 Å². The van der Waals surface area contributed by atoms with Crippen molar-refractivity contribution in [3.05, 3.63) is 23.9 Å². The van der Waals surface area contributed by atoms with E-state index in [1.807, 2.05) is 12.1 Å². The topological polar surface area (TPSA) is 60.2 Å². The molecule has 0 saturated heterocycles. The van der Waals surface area contributed by atoms with Crippen molar-refractivity contribution in [2.45, 2.75) is 38.8 Å². The van der Waals surface area contributed by atoms with E-state index in [-0.39, 0.29) is 12.1 Å². The van der Waals surface area contributed by atoms with E-state index < -0.39 is 0 Å². The standard InChI is InChI=1S/C13H23N3O/c1-4-7-11(17-3)12(15-5-2)10-8-6-9-16-13(10)14/h6,8-9,11-12,15H,4-5,7H2,1-3H3,(H2,14,16). The van der Waals surface area contributed by atoms with Crippen LogP contribution in [0.4, 0.5) is 5.82 Å². The molecule has 1 aromatic heterocycles. The zero-order chi connectivity index (χ0) is 12.7. The molecule has 3 N–H and O–H groups in total. The third kappa shape index (κ3) is 3.68. The summed E-state index contributed by atoms with van der Waals surface area (Å²) in [6, 6.07) is 4.03. The second kappa shape index (κ2) is 7.25. The Morgan fingerprint density at radius 3 is 2.76 bits per heavy atom. The summed E-state index contributed by atoms with van der Waals surface area (Å²) in [4.78, 5) is 4.14. The largest absolute Gasteiger partial charge is 0.383 e. The first-order valence-corrected chi connectivity index (χ1v) is 6.21. The Balaban J connectivity index is 2.94. The van der Waals surface area contributed by atoms with E-state index in [1.165, 1.54) is 0 Å². The van der Waals surface area contributed by atoms with E-state index in [0.717, 1.165) is 24.9 Å². The fraction of sp³-hybridized carbons (Fsp3) is 0.615. The van der Waals surface area contributed by atoms with Gasteiger partial charge in [0.1, 0.15) is 5.82 Å². The number of ether oxygens (including phenoxy) is 1. The van der Waals surface area contributed by atoms with Crippen molar-refractivity contribution in [1.82, 2.24) is 10.3 Å². The fourth-order valence-corrected chi connectivity index (χ4v) is 2.06. The van der Waals surface area contributed by atoms with Crippen molar-refractivity contribution < 1.29 is 4.74 Å². The van der Waals surface area contributed by atoms with E-state index in [2.05, 4.69) is 24.1 Å². The number of methoxy groups -OCH3 is 1. The van der Waals surface area contributed by atoms with Crippen LogP contribution in [0.25, 0.3) is 0 Å². The highest BCUT2D eigenvalue weighted by atomic mass is 16.5. The molecule has 0 fully saturated rings. The first kappa shape index (κ1) is 13.9. The van der Waals surface area contributed by atoms with E-state index in [4.69, 9.17) is 10.5 Å². The number of hydrogen-bond donors (Lipinski definition) is 2. The minimum absolute atomic E-state index is 0.110. The van der Waals surface area contributed by atoms with Gasteiger partial charge < -0.3 is 15.8 Å². The molecular formula is C13H23N3O. The molecule has 1 heterocycles. The monoisotopic (exact) mass is 237 g/mol. The van der Waals surface area contributed by atoms with Gasteiger partial charge in [0, 0.05) is 18.9 Å². The Morgan fingerprint density at radius 2 is 2.24 bits per heavy atom. The molecule has 1 aromatic rings. The summed E-state index contributed by atoms with van der Waals surface area (Å²) >= 11 is 0. The molecule has 0 amide bonds. The summed E-state index contributed by atoms with van der Waals surface area (Å²) < 4.78 is 5.57. The highest BCUT2D eigenvalue weighted by Crippen LogP contribution is 2.25. The van der Waals surface area contributed by atoms with Crippen LogP contribution in [0.2, 0.25) is 0 Å². The Morgan fingerprint density at radius 1 is 1.47 bits per heavy atom. The number of nitrogen functional groups attached to an aromatic ring is 1. The zero-order valence-corrected chi connectivity index (χ0v) is 10.9. The summed E-state index contributed by atoms with van der Waals surface area (Å²) in [5.41, 5.74) is 6.96. The molecule has 2 atom stereocenters. The first-order chi connectivity index (χ1) is 8.24. The molecule has 96 valence electrons. The number of anilines is 1. The van der Waals surface area contributed by atoms with Crippen LogP contribution >= 0.6 is 0 Å². The summed E-state index contributed by atoms with van der Waals surface area (Å²) in [7, 11) is 1.75. The molecule has 4 heteroatoms. The number of nitrogens with two attached hydrogens (primary N) is 1. The van der Waals surface area contributed by atoms with Crippen LogP contribution in [0, 0.1) is 0 Å². The number of rotatable bonds is 7. The molecule has 0 aliphatic carbocycles. The maximum absolute atomic E-state index is 5.93. The van der Waals surface area contributed by atoms with Crippen LogP contribution in [0.5, 0.6) is 0 Å². The second-order valence-corrected chi connectivity index (χ2v) is 4.08. The molecule has 2 unspecified atom stereocenters. The third-order valence-electron chi connectivity index (χ3n) is 2.88. The molecule has 0 aliphatic rings. The second-order valence-electron chi connectivity index (χ2n) is 4.08. The van der Waals surface area contributed by atoms with Gasteiger partial charge in [0.25, 0.3) is 0 Å². The summed E-state index contributed by atoms with van der Waals surface area (Å²) in [6.07, 6.45) is 3.93. The van der Waals surface area contributed by atoms with E-state index in [9.17, 15) is 0 Å². The van der Waals surface area contributed by atoms with Gasteiger partial charge in [-0.1, -0.05) is 26.3 Å². The lowest BCUT2D eigenvalue weighted by Crippen LogP contribution is -2.34. The molecule has 0 radical (unpaired) electrons. The minimum Gasteiger partial charge on any atom is -0.383 e. The molecular weight excluding hydrogens is 214 g/mol. The molecule has 0 saturated carbocycles. The molecule has 0 spiro atoms. The van der Waals surface area contributed by atoms with E-state index in [1.54, 1.807) is 13.3 Å². The van der Waals surface area contributed by atoms with E-state index >= 15 is 0 Å². The Kier molecular flexibility index (Phi) is 5.94. The maximum Gasteiger partial charge on any atom is 0.128 e. The Bertz CT molecular complexity index is 330. The van der Waals surface area contributed by atoms with Crippen LogP contribution in [-0.4, -0.2) is 24.7 Å². The number of hydrogen-bond acceptors (Lipinski definition) is 4. The normalized spacial score (nSPS) is 14.5. The summed E-state index contributed by atoms with van der Waals surface area (Å²) in [6.45, 7) is 5.11. The first-order valence-electron chi connectivity index (χ1n) is 6.21. The lowest BCUT2D eigenvalue weighted by molar-refractivity contribution is 0.0612. The predicted molar refractivity (Wildman–Crippen MR) is 70.8 cm³/mol. The fourth-order valence-electron chi connectivity index (χ4n) is 2.06. The maximum atomic E-state index is 5.93. The number of likely N-dealkylation sites (N-methyl/N-ethyl adjacent to an activating group) is 1. The smallest absolute Gasteiger partial charge is 0.128 e. The van der Waals surface area contributed by atoms with Crippen LogP contribution in [0.1, 0.15) is 38.3 Å². The van der Waals surface area contributed by atoms with Crippen molar-refractivity contribution in [1.29, 1.82) is 0 Å². The average molecular weight is 237 g/mol. The van der Waals surface area contributed by atoms with Gasteiger partial charge in [-0.2, -0.15) is 0 Å². The number of nitrogens with one attached hydrogen (secondary N) is 1. The van der Waals surface area contributed by atoms with Crippen molar-refractivity contribution in [3.8, 4) is 0 Å². The lowest BCUT2D eigenvalue weighted by atomic mass is 9.98. The third-order valence-corrected chi connectivity index (χ3v) is 2.88.